The molecule has 0 aromatic heterocycles. The van der Waals surface area contributed by atoms with Crippen LogP contribution in [0, 0.1) is 5.82 Å². The van der Waals surface area contributed by atoms with Gasteiger partial charge in [-0.05, 0) is 24.3 Å². The minimum atomic E-state index is -0.552. The van der Waals surface area contributed by atoms with Gasteiger partial charge in [0.1, 0.15) is 0 Å². The van der Waals surface area contributed by atoms with Crippen molar-refractivity contribution in [3.05, 3.63) is 42.2 Å². The number of carbonyl (C=O) groups excluding carboxylic acids is 1. The van der Waals surface area contributed by atoms with E-state index in [0.29, 0.717) is 22.9 Å². The maximum atomic E-state index is 13.6. The molecule has 2 amide bonds. The summed E-state index contributed by atoms with van der Waals surface area (Å²) in [5, 5.41) is 5.16. The van der Waals surface area contributed by atoms with E-state index in [0.717, 1.165) is 0 Å². The molecule has 6 nitrogen and oxygen atoms in total. The molecular weight excluding hydrogens is 291 g/mol. The summed E-state index contributed by atoms with van der Waals surface area (Å²) in [5.41, 5.74) is 0.854. The lowest BCUT2D eigenvalue weighted by molar-refractivity contribution is 0.174. The lowest BCUT2D eigenvalue weighted by atomic mass is 10.2. The van der Waals surface area contributed by atoms with Gasteiger partial charge in [-0.25, -0.2) is 9.18 Å². The zero-order chi connectivity index (χ0) is 15.5. The normalized spacial score (nSPS) is 11.9. The number of ether oxygens (including phenoxy) is 3. The highest BCUT2D eigenvalue weighted by atomic mass is 19.1. The second kappa shape index (κ2) is 5.80. The van der Waals surface area contributed by atoms with E-state index in [2.05, 4.69) is 10.6 Å². The molecule has 114 valence electrons. The number of fused-ring (bicyclic) bond motifs is 1. The number of nitrogens with one attached hydrogen (secondary N) is 2. The number of hydrogen-bond acceptors (Lipinski definition) is 4. The van der Waals surface area contributed by atoms with Crippen molar-refractivity contribution in [1.29, 1.82) is 0 Å². The Morgan fingerprint density at radius 1 is 1.09 bits per heavy atom. The first-order chi connectivity index (χ1) is 10.7. The molecule has 1 aliphatic heterocycles. The van der Waals surface area contributed by atoms with Gasteiger partial charge < -0.3 is 24.8 Å². The van der Waals surface area contributed by atoms with Gasteiger partial charge in [-0.3, -0.25) is 0 Å². The zero-order valence-electron chi connectivity index (χ0n) is 11.7. The third-order valence-electron chi connectivity index (χ3n) is 3.04. The number of benzene rings is 2. The predicted octanol–water partition coefficient (Wildman–Crippen LogP) is 3.21. The van der Waals surface area contributed by atoms with Crippen molar-refractivity contribution in [2.75, 3.05) is 24.5 Å². The average molecular weight is 304 g/mol. The Labute approximate surface area is 125 Å². The Kier molecular flexibility index (Phi) is 3.69. The summed E-state index contributed by atoms with van der Waals surface area (Å²) in [6, 6.07) is 8.69. The van der Waals surface area contributed by atoms with Crippen LogP contribution in [0.1, 0.15) is 0 Å². The van der Waals surface area contributed by atoms with Crippen LogP contribution in [0.15, 0.2) is 36.4 Å². The summed E-state index contributed by atoms with van der Waals surface area (Å²) in [4.78, 5) is 11.9. The molecule has 0 radical (unpaired) electrons. The van der Waals surface area contributed by atoms with Gasteiger partial charge in [0, 0.05) is 23.5 Å². The number of carbonyl (C=O) groups is 1. The van der Waals surface area contributed by atoms with Crippen LogP contribution in [0.2, 0.25) is 0 Å². The van der Waals surface area contributed by atoms with Crippen molar-refractivity contribution in [3.8, 4) is 17.2 Å². The quantitative estimate of drug-likeness (QED) is 0.913. The van der Waals surface area contributed by atoms with Crippen LogP contribution in [-0.2, 0) is 0 Å². The highest BCUT2D eigenvalue weighted by molar-refractivity contribution is 6.00. The Hall–Kier alpha value is -2.96. The Morgan fingerprint density at radius 3 is 2.50 bits per heavy atom. The fourth-order valence-corrected chi connectivity index (χ4v) is 2.01. The lowest BCUT2D eigenvalue weighted by Crippen LogP contribution is -2.19. The molecule has 0 saturated carbocycles. The van der Waals surface area contributed by atoms with Crippen molar-refractivity contribution in [2.24, 2.45) is 0 Å². The van der Waals surface area contributed by atoms with Crippen LogP contribution in [0.3, 0.4) is 0 Å². The number of urea groups is 1. The molecule has 1 heterocycles. The summed E-state index contributed by atoms with van der Waals surface area (Å²) in [5.74, 6) is 0.751. The molecule has 0 saturated heterocycles. The first-order valence-electron chi connectivity index (χ1n) is 6.47. The minimum Gasteiger partial charge on any atom is -0.494 e. The van der Waals surface area contributed by atoms with Crippen molar-refractivity contribution >= 4 is 17.4 Å². The fourth-order valence-electron chi connectivity index (χ4n) is 2.01. The molecule has 3 rings (SSSR count). The van der Waals surface area contributed by atoms with Crippen LogP contribution < -0.4 is 24.8 Å². The van der Waals surface area contributed by atoms with Gasteiger partial charge in [-0.2, -0.15) is 0 Å². The maximum absolute atomic E-state index is 13.6. The van der Waals surface area contributed by atoms with Gasteiger partial charge in [0.15, 0.2) is 23.1 Å². The van der Waals surface area contributed by atoms with Crippen molar-refractivity contribution in [3.63, 3.8) is 0 Å². The van der Waals surface area contributed by atoms with Gasteiger partial charge in [-0.15, -0.1) is 0 Å². The predicted molar refractivity (Wildman–Crippen MR) is 78.2 cm³/mol. The summed E-state index contributed by atoms with van der Waals surface area (Å²) < 4.78 is 28.8. The highest BCUT2D eigenvalue weighted by Crippen LogP contribution is 2.34. The van der Waals surface area contributed by atoms with Crippen molar-refractivity contribution < 1.29 is 23.4 Å². The number of halogens is 1. The average Bonchev–Trinajstić information content (AvgIpc) is 2.95. The molecule has 2 N–H and O–H groups in total. The Bertz CT molecular complexity index is 721. The maximum Gasteiger partial charge on any atom is 0.323 e. The molecule has 2 aromatic carbocycles. The molecule has 0 bridgehead atoms. The van der Waals surface area contributed by atoms with Crippen molar-refractivity contribution in [2.45, 2.75) is 0 Å². The monoisotopic (exact) mass is 304 g/mol. The SMILES string of the molecule is COc1ccc(NC(=O)Nc2ccc3c(c2)OCO3)cc1F. The summed E-state index contributed by atoms with van der Waals surface area (Å²) in [7, 11) is 1.37. The number of hydrogen-bond donors (Lipinski definition) is 2. The Morgan fingerprint density at radius 2 is 1.77 bits per heavy atom. The van der Waals surface area contributed by atoms with Gasteiger partial charge in [0.05, 0.1) is 7.11 Å². The number of amides is 2. The van der Waals surface area contributed by atoms with E-state index in [9.17, 15) is 9.18 Å². The molecule has 7 heteroatoms. The van der Waals surface area contributed by atoms with E-state index in [1.807, 2.05) is 0 Å². The zero-order valence-corrected chi connectivity index (χ0v) is 11.7. The molecule has 0 fully saturated rings. The topological polar surface area (TPSA) is 68.8 Å². The Balaban J connectivity index is 1.66. The van der Waals surface area contributed by atoms with E-state index in [1.165, 1.54) is 19.2 Å². The second-order valence-corrected chi connectivity index (χ2v) is 4.50. The molecular formula is C15H13FN2O4. The molecule has 0 atom stereocenters. The summed E-state index contributed by atoms with van der Waals surface area (Å²) in [6.45, 7) is 0.163. The molecule has 2 aromatic rings. The van der Waals surface area contributed by atoms with Gasteiger partial charge >= 0.3 is 6.03 Å². The fraction of sp³-hybridized carbons (Fsp3) is 0.133. The second-order valence-electron chi connectivity index (χ2n) is 4.50. The number of rotatable bonds is 3. The molecule has 22 heavy (non-hydrogen) atoms. The summed E-state index contributed by atoms with van der Waals surface area (Å²) >= 11 is 0. The van der Waals surface area contributed by atoms with E-state index in [4.69, 9.17) is 14.2 Å². The van der Waals surface area contributed by atoms with Crippen molar-refractivity contribution in [1.82, 2.24) is 0 Å². The number of anilines is 2. The third-order valence-corrected chi connectivity index (χ3v) is 3.04. The highest BCUT2D eigenvalue weighted by Gasteiger charge is 2.14. The van der Waals surface area contributed by atoms with Crippen LogP contribution >= 0.6 is 0 Å². The van der Waals surface area contributed by atoms with Gasteiger partial charge in [-0.1, -0.05) is 0 Å². The largest absolute Gasteiger partial charge is 0.494 e. The van der Waals surface area contributed by atoms with E-state index >= 15 is 0 Å². The van der Waals surface area contributed by atoms with Crippen LogP contribution in [-0.4, -0.2) is 19.9 Å². The van der Waals surface area contributed by atoms with E-state index in [-0.39, 0.29) is 12.5 Å². The van der Waals surface area contributed by atoms with Crippen LogP contribution in [0.25, 0.3) is 0 Å². The standard InChI is InChI=1S/C15H13FN2O4/c1-20-12-4-2-9(6-11(12)16)17-15(19)18-10-3-5-13-14(7-10)22-8-21-13/h2-7H,8H2,1H3,(H2,17,18,19). The third kappa shape index (κ3) is 2.88. The van der Waals surface area contributed by atoms with Gasteiger partial charge in [0.25, 0.3) is 0 Å². The molecule has 0 unspecified atom stereocenters. The molecule has 1 aliphatic rings. The van der Waals surface area contributed by atoms with Crippen LogP contribution in [0.4, 0.5) is 20.6 Å². The minimum absolute atomic E-state index is 0.113. The van der Waals surface area contributed by atoms with E-state index < -0.39 is 11.8 Å². The summed E-state index contributed by atoms with van der Waals surface area (Å²) in [6.07, 6.45) is 0. The first kappa shape index (κ1) is 14.0. The smallest absolute Gasteiger partial charge is 0.323 e. The number of methoxy groups -OCH3 is 1. The van der Waals surface area contributed by atoms with E-state index in [1.54, 1.807) is 24.3 Å². The lowest BCUT2D eigenvalue weighted by Gasteiger charge is -2.09. The molecule has 0 aliphatic carbocycles. The van der Waals surface area contributed by atoms with Crippen LogP contribution in [0.5, 0.6) is 17.2 Å². The van der Waals surface area contributed by atoms with Gasteiger partial charge in [0.2, 0.25) is 6.79 Å². The first-order valence-corrected chi connectivity index (χ1v) is 6.47. The molecule has 0 spiro atoms.